The van der Waals surface area contributed by atoms with Crippen LogP contribution >= 0.6 is 15.9 Å². The summed E-state index contributed by atoms with van der Waals surface area (Å²) >= 11 is 3.36. The largest absolute Gasteiger partial charge is 0.462 e. The highest BCUT2D eigenvalue weighted by atomic mass is 79.9. The van der Waals surface area contributed by atoms with E-state index in [1.807, 2.05) is 6.07 Å². The van der Waals surface area contributed by atoms with Crippen molar-refractivity contribution < 1.29 is 14.3 Å². The molecule has 0 spiro atoms. The van der Waals surface area contributed by atoms with Crippen LogP contribution in [0.1, 0.15) is 34.8 Å². The Kier molecular flexibility index (Phi) is 5.91. The van der Waals surface area contributed by atoms with Crippen LogP contribution in [0.2, 0.25) is 0 Å². The molecule has 92 valence electrons. The Morgan fingerprint density at radius 1 is 1.35 bits per heavy atom. The molecule has 1 aromatic carbocycles. The first kappa shape index (κ1) is 13.9. The number of carbonyl (C=O) groups excluding carboxylic acids is 2. The first-order chi connectivity index (χ1) is 8.21. The van der Waals surface area contributed by atoms with Gasteiger partial charge < -0.3 is 9.53 Å². The zero-order valence-corrected chi connectivity index (χ0v) is 11.3. The van der Waals surface area contributed by atoms with Crippen molar-refractivity contribution in [1.29, 1.82) is 0 Å². The number of carbonyl (C=O) groups is 2. The van der Waals surface area contributed by atoms with Gasteiger partial charge in [0.15, 0.2) is 0 Å². The highest BCUT2D eigenvalue weighted by Gasteiger charge is 2.09. The van der Waals surface area contributed by atoms with Gasteiger partial charge in [-0.3, -0.25) is 0 Å². The van der Waals surface area contributed by atoms with Crippen LogP contribution in [0.3, 0.4) is 0 Å². The van der Waals surface area contributed by atoms with Gasteiger partial charge in [-0.05, 0) is 36.6 Å². The molecule has 0 aromatic heterocycles. The van der Waals surface area contributed by atoms with Crippen LogP contribution < -0.4 is 0 Å². The number of alkyl halides is 1. The summed E-state index contributed by atoms with van der Waals surface area (Å²) in [5, 5.41) is 0.675. The van der Waals surface area contributed by atoms with Gasteiger partial charge in [-0.2, -0.15) is 0 Å². The summed E-state index contributed by atoms with van der Waals surface area (Å²) in [6, 6.07) is 5.58. The first-order valence-corrected chi connectivity index (χ1v) is 6.63. The predicted molar refractivity (Wildman–Crippen MR) is 69.4 cm³/mol. The minimum atomic E-state index is -0.317. The third-order valence-corrected chi connectivity index (χ3v) is 2.92. The highest BCUT2D eigenvalue weighted by molar-refractivity contribution is 9.08. The van der Waals surface area contributed by atoms with Gasteiger partial charge in [-0.25, -0.2) is 4.79 Å². The van der Waals surface area contributed by atoms with Crippen molar-refractivity contribution in [3.05, 3.63) is 34.9 Å². The topological polar surface area (TPSA) is 43.4 Å². The van der Waals surface area contributed by atoms with Crippen molar-refractivity contribution in [2.45, 2.75) is 25.1 Å². The number of aryl methyl sites for hydroxylation is 1. The van der Waals surface area contributed by atoms with Crippen molar-refractivity contribution in [3.63, 3.8) is 0 Å². The van der Waals surface area contributed by atoms with E-state index in [0.29, 0.717) is 30.3 Å². The molecule has 17 heavy (non-hydrogen) atoms. The summed E-state index contributed by atoms with van der Waals surface area (Å²) in [4.78, 5) is 22.0. The Bertz CT molecular complexity index is 402. The Morgan fingerprint density at radius 3 is 2.65 bits per heavy atom. The molecular weight excluding hydrogens is 284 g/mol. The Morgan fingerprint density at radius 2 is 2.06 bits per heavy atom. The molecule has 0 aliphatic heterocycles. The molecule has 3 nitrogen and oxygen atoms in total. The number of rotatable bonds is 6. The first-order valence-electron chi connectivity index (χ1n) is 5.50. The van der Waals surface area contributed by atoms with Crippen LogP contribution in [-0.4, -0.2) is 18.9 Å². The van der Waals surface area contributed by atoms with Gasteiger partial charge in [0.1, 0.15) is 6.29 Å². The molecule has 0 amide bonds. The van der Waals surface area contributed by atoms with E-state index in [4.69, 9.17) is 4.74 Å². The van der Waals surface area contributed by atoms with E-state index >= 15 is 0 Å². The fourth-order valence-corrected chi connectivity index (χ4v) is 1.87. The van der Waals surface area contributed by atoms with Crippen LogP contribution in [0.5, 0.6) is 0 Å². The van der Waals surface area contributed by atoms with E-state index in [2.05, 4.69) is 15.9 Å². The lowest BCUT2D eigenvalue weighted by Crippen LogP contribution is -2.06. The lowest BCUT2D eigenvalue weighted by Gasteiger charge is -2.07. The number of aldehydes is 1. The van der Waals surface area contributed by atoms with Gasteiger partial charge >= 0.3 is 5.97 Å². The maximum absolute atomic E-state index is 11.6. The van der Waals surface area contributed by atoms with Crippen LogP contribution in [0.15, 0.2) is 18.2 Å². The van der Waals surface area contributed by atoms with Crippen LogP contribution in [0.4, 0.5) is 0 Å². The van der Waals surface area contributed by atoms with Gasteiger partial charge in [0.2, 0.25) is 0 Å². The van der Waals surface area contributed by atoms with Gasteiger partial charge in [0.05, 0.1) is 12.2 Å². The summed E-state index contributed by atoms with van der Waals surface area (Å²) in [6.45, 7) is 2.14. The molecule has 0 atom stereocenters. The summed E-state index contributed by atoms with van der Waals surface area (Å²) in [6.07, 6.45) is 2.00. The molecule has 0 aliphatic rings. The van der Waals surface area contributed by atoms with E-state index < -0.39 is 0 Å². The van der Waals surface area contributed by atoms with Crippen LogP contribution in [-0.2, 0) is 21.3 Å². The molecule has 0 N–H and O–H groups in total. The highest BCUT2D eigenvalue weighted by Crippen LogP contribution is 2.15. The predicted octanol–water partition coefficient (Wildman–Crippen LogP) is 2.89. The third-order valence-electron chi connectivity index (χ3n) is 2.27. The fraction of sp³-hybridized carbons (Fsp3) is 0.385. The standard InChI is InChI=1S/C13H15BrO3/c1-2-17-13(16)12-7-10(4-3-5-15)6-11(8-12)9-14/h5-8H,2-4,9H2,1H3. The average Bonchev–Trinajstić information content (AvgIpc) is 2.36. The monoisotopic (exact) mass is 298 g/mol. The van der Waals surface area contributed by atoms with Crippen molar-refractivity contribution in [2.24, 2.45) is 0 Å². The summed E-state index contributed by atoms with van der Waals surface area (Å²) in [5.41, 5.74) is 2.54. The van der Waals surface area contributed by atoms with Gasteiger partial charge in [0, 0.05) is 11.8 Å². The number of halogens is 1. The van der Waals surface area contributed by atoms with Crippen molar-refractivity contribution >= 4 is 28.2 Å². The molecule has 0 saturated heterocycles. The van der Waals surface area contributed by atoms with E-state index in [1.54, 1.807) is 19.1 Å². The average molecular weight is 299 g/mol. The van der Waals surface area contributed by atoms with E-state index in [0.717, 1.165) is 17.4 Å². The number of hydrogen-bond acceptors (Lipinski definition) is 3. The number of benzene rings is 1. The lowest BCUT2D eigenvalue weighted by atomic mass is 10.0. The Hall–Kier alpha value is -1.16. The zero-order valence-electron chi connectivity index (χ0n) is 9.74. The lowest BCUT2D eigenvalue weighted by molar-refractivity contribution is -0.107. The SMILES string of the molecule is CCOC(=O)c1cc(CBr)cc(CCC=O)c1. The van der Waals surface area contributed by atoms with Crippen LogP contribution in [0.25, 0.3) is 0 Å². The molecular formula is C13H15BrO3. The molecule has 0 heterocycles. The van der Waals surface area contributed by atoms with Gasteiger partial charge in [-0.15, -0.1) is 0 Å². The second kappa shape index (κ2) is 7.22. The minimum Gasteiger partial charge on any atom is -0.462 e. The van der Waals surface area contributed by atoms with Crippen molar-refractivity contribution in [2.75, 3.05) is 6.61 Å². The molecule has 4 heteroatoms. The van der Waals surface area contributed by atoms with Crippen molar-refractivity contribution in [1.82, 2.24) is 0 Å². The fourth-order valence-electron chi connectivity index (χ4n) is 1.54. The van der Waals surface area contributed by atoms with E-state index in [1.165, 1.54) is 0 Å². The van der Waals surface area contributed by atoms with Gasteiger partial charge in [-0.1, -0.05) is 22.0 Å². The van der Waals surface area contributed by atoms with E-state index in [-0.39, 0.29) is 5.97 Å². The number of ether oxygens (including phenoxy) is 1. The zero-order chi connectivity index (χ0) is 12.7. The summed E-state index contributed by atoms with van der Waals surface area (Å²) in [7, 11) is 0. The smallest absolute Gasteiger partial charge is 0.338 e. The van der Waals surface area contributed by atoms with Crippen LogP contribution in [0, 0.1) is 0 Å². The minimum absolute atomic E-state index is 0.317. The van der Waals surface area contributed by atoms with Gasteiger partial charge in [0.25, 0.3) is 0 Å². The maximum atomic E-state index is 11.6. The molecule has 1 rings (SSSR count). The Balaban J connectivity index is 2.95. The molecule has 1 aromatic rings. The molecule has 0 radical (unpaired) electrons. The van der Waals surface area contributed by atoms with Crippen molar-refractivity contribution in [3.8, 4) is 0 Å². The molecule has 0 bridgehead atoms. The third kappa shape index (κ3) is 4.30. The maximum Gasteiger partial charge on any atom is 0.338 e. The quantitative estimate of drug-likeness (QED) is 0.461. The second-order valence-electron chi connectivity index (χ2n) is 3.60. The van der Waals surface area contributed by atoms with E-state index in [9.17, 15) is 9.59 Å². The normalized spacial score (nSPS) is 10.0. The number of esters is 1. The summed E-state index contributed by atoms with van der Waals surface area (Å²) in [5.74, 6) is -0.317. The number of hydrogen-bond donors (Lipinski definition) is 0. The second-order valence-corrected chi connectivity index (χ2v) is 4.16. The Labute approximate surface area is 109 Å². The molecule has 0 aliphatic carbocycles. The molecule has 0 saturated carbocycles. The molecule has 0 fully saturated rings. The summed E-state index contributed by atoms with van der Waals surface area (Å²) < 4.78 is 4.96. The molecule has 0 unspecified atom stereocenters.